The molecule has 0 amide bonds. The lowest BCUT2D eigenvalue weighted by Gasteiger charge is -2.06. The number of hydrogen-bond acceptors (Lipinski definition) is 3. The monoisotopic (exact) mass is 270 g/mol. The number of aromatic nitrogens is 2. The molecule has 0 atom stereocenters. The van der Waals surface area contributed by atoms with Crippen molar-refractivity contribution in [1.82, 2.24) is 9.55 Å². The van der Waals surface area contributed by atoms with E-state index in [9.17, 15) is 4.79 Å². The third kappa shape index (κ3) is 1.84. The first-order valence-electron chi connectivity index (χ1n) is 6.17. The van der Waals surface area contributed by atoms with E-state index in [0.717, 1.165) is 11.2 Å². The van der Waals surface area contributed by atoms with Gasteiger partial charge in [0.05, 0.1) is 25.4 Å². The van der Waals surface area contributed by atoms with Crippen LogP contribution in [0.25, 0.3) is 16.7 Å². The number of ether oxygens (including phenoxy) is 2. The first-order chi connectivity index (χ1) is 9.74. The lowest BCUT2D eigenvalue weighted by Crippen LogP contribution is -2.14. The predicted octanol–water partition coefficient (Wildman–Crippen LogP) is 2.34. The van der Waals surface area contributed by atoms with Gasteiger partial charge >= 0.3 is 5.69 Å². The Labute approximate surface area is 115 Å². The summed E-state index contributed by atoms with van der Waals surface area (Å²) in [7, 11) is 3.18. The second kappa shape index (κ2) is 4.77. The molecule has 5 nitrogen and oxygen atoms in total. The predicted molar refractivity (Wildman–Crippen MR) is 77.0 cm³/mol. The van der Waals surface area contributed by atoms with Gasteiger partial charge in [0.1, 0.15) is 17.0 Å². The van der Waals surface area contributed by atoms with E-state index in [4.69, 9.17) is 9.47 Å². The van der Waals surface area contributed by atoms with Crippen LogP contribution in [0.5, 0.6) is 11.5 Å². The van der Waals surface area contributed by atoms with Crippen LogP contribution in [0.1, 0.15) is 0 Å². The van der Waals surface area contributed by atoms with Crippen molar-refractivity contribution in [1.29, 1.82) is 0 Å². The van der Waals surface area contributed by atoms with Crippen LogP contribution in [0.2, 0.25) is 0 Å². The molecule has 0 bridgehead atoms. The standard InChI is InChI=1S/C15H14N2O3/c1-19-11-6-3-5-10(9-11)17-12-7-4-8-13(20-2)14(12)16-15(17)18/h3-9H,1-2H3,(H,16,18). The van der Waals surface area contributed by atoms with Crippen molar-refractivity contribution in [3.8, 4) is 17.2 Å². The highest BCUT2D eigenvalue weighted by Gasteiger charge is 2.12. The molecule has 3 rings (SSSR count). The largest absolute Gasteiger partial charge is 0.497 e. The number of imidazole rings is 1. The highest BCUT2D eigenvalue weighted by atomic mass is 16.5. The minimum atomic E-state index is -0.210. The summed E-state index contributed by atoms with van der Waals surface area (Å²) in [4.78, 5) is 15.0. The molecule has 1 N–H and O–H groups in total. The van der Waals surface area contributed by atoms with Gasteiger partial charge in [-0.05, 0) is 24.3 Å². The zero-order valence-corrected chi connectivity index (χ0v) is 11.2. The van der Waals surface area contributed by atoms with Gasteiger partial charge in [0.2, 0.25) is 0 Å². The smallest absolute Gasteiger partial charge is 0.331 e. The number of benzene rings is 2. The molecule has 0 saturated carbocycles. The number of para-hydroxylation sites is 1. The second-order valence-electron chi connectivity index (χ2n) is 4.32. The molecule has 5 heteroatoms. The average molecular weight is 270 g/mol. The Hall–Kier alpha value is -2.69. The molecule has 0 fully saturated rings. The molecule has 20 heavy (non-hydrogen) atoms. The molecule has 102 valence electrons. The van der Waals surface area contributed by atoms with Gasteiger partial charge < -0.3 is 14.5 Å². The topological polar surface area (TPSA) is 56.2 Å². The third-order valence-electron chi connectivity index (χ3n) is 3.21. The molecule has 1 heterocycles. The van der Waals surface area contributed by atoms with Gasteiger partial charge in [0, 0.05) is 6.07 Å². The number of fused-ring (bicyclic) bond motifs is 1. The van der Waals surface area contributed by atoms with Crippen molar-refractivity contribution >= 4 is 11.0 Å². The van der Waals surface area contributed by atoms with Crippen LogP contribution in [-0.2, 0) is 0 Å². The average Bonchev–Trinajstić information content (AvgIpc) is 2.83. The first-order valence-corrected chi connectivity index (χ1v) is 6.17. The summed E-state index contributed by atoms with van der Waals surface area (Å²) in [5.41, 5.74) is 1.98. The normalized spacial score (nSPS) is 10.7. The zero-order chi connectivity index (χ0) is 14.1. The molecule has 0 aliphatic carbocycles. The third-order valence-corrected chi connectivity index (χ3v) is 3.21. The molecule has 0 aliphatic rings. The van der Waals surface area contributed by atoms with E-state index in [1.807, 2.05) is 42.5 Å². The number of hydrogen-bond donors (Lipinski definition) is 1. The summed E-state index contributed by atoms with van der Waals surface area (Å²) < 4.78 is 12.1. The Morgan fingerprint density at radius 3 is 2.60 bits per heavy atom. The van der Waals surface area contributed by atoms with E-state index in [0.29, 0.717) is 17.0 Å². The van der Waals surface area contributed by atoms with Crippen LogP contribution in [0, 0.1) is 0 Å². The summed E-state index contributed by atoms with van der Waals surface area (Å²) in [6.45, 7) is 0. The number of rotatable bonds is 3. The van der Waals surface area contributed by atoms with Crippen LogP contribution < -0.4 is 15.2 Å². The molecule has 1 aromatic heterocycles. The van der Waals surface area contributed by atoms with Crippen LogP contribution in [-0.4, -0.2) is 23.8 Å². The van der Waals surface area contributed by atoms with Gasteiger partial charge in [-0.1, -0.05) is 12.1 Å². The minimum Gasteiger partial charge on any atom is -0.497 e. The summed E-state index contributed by atoms with van der Waals surface area (Å²) in [5, 5.41) is 0. The van der Waals surface area contributed by atoms with Crippen LogP contribution in [0.3, 0.4) is 0 Å². The van der Waals surface area contributed by atoms with Crippen LogP contribution in [0.15, 0.2) is 47.3 Å². The Balaban J connectivity index is 2.31. The highest BCUT2D eigenvalue weighted by molar-refractivity contribution is 5.83. The lowest BCUT2D eigenvalue weighted by molar-refractivity contribution is 0.414. The Kier molecular flexibility index (Phi) is 2.95. The first kappa shape index (κ1) is 12.3. The number of H-pyrrole nitrogens is 1. The molecule has 0 radical (unpaired) electrons. The van der Waals surface area contributed by atoms with Gasteiger partial charge in [-0.2, -0.15) is 0 Å². The summed E-state index contributed by atoms with van der Waals surface area (Å²) in [6.07, 6.45) is 0. The van der Waals surface area contributed by atoms with E-state index in [-0.39, 0.29) is 5.69 Å². The van der Waals surface area contributed by atoms with Crippen LogP contribution in [0.4, 0.5) is 0 Å². The highest BCUT2D eigenvalue weighted by Crippen LogP contribution is 2.25. The van der Waals surface area contributed by atoms with Crippen molar-refractivity contribution in [2.45, 2.75) is 0 Å². The van der Waals surface area contributed by atoms with Gasteiger partial charge in [0.25, 0.3) is 0 Å². The van der Waals surface area contributed by atoms with Crippen molar-refractivity contribution in [3.05, 3.63) is 52.9 Å². The maximum Gasteiger partial charge on any atom is 0.331 e. The van der Waals surface area contributed by atoms with Gasteiger partial charge in [-0.3, -0.25) is 4.57 Å². The Morgan fingerprint density at radius 2 is 1.85 bits per heavy atom. The van der Waals surface area contributed by atoms with E-state index < -0.39 is 0 Å². The molecule has 0 spiro atoms. The summed E-state index contributed by atoms with van der Waals surface area (Å²) in [5.74, 6) is 1.34. The summed E-state index contributed by atoms with van der Waals surface area (Å²) in [6, 6.07) is 12.9. The SMILES string of the molecule is COc1cccc(-n2c(=O)[nH]c3c(OC)cccc32)c1. The van der Waals surface area contributed by atoms with Gasteiger partial charge in [-0.25, -0.2) is 4.79 Å². The maximum atomic E-state index is 12.2. The molecule has 3 aromatic rings. The number of aromatic amines is 1. The molecule has 0 aliphatic heterocycles. The number of methoxy groups -OCH3 is 2. The van der Waals surface area contributed by atoms with Crippen molar-refractivity contribution in [2.75, 3.05) is 14.2 Å². The van der Waals surface area contributed by atoms with E-state index in [1.165, 1.54) is 0 Å². The fourth-order valence-electron chi connectivity index (χ4n) is 2.28. The van der Waals surface area contributed by atoms with Crippen molar-refractivity contribution in [3.63, 3.8) is 0 Å². The maximum absolute atomic E-state index is 12.2. The second-order valence-corrected chi connectivity index (χ2v) is 4.32. The van der Waals surface area contributed by atoms with E-state index in [2.05, 4.69) is 4.98 Å². The van der Waals surface area contributed by atoms with Crippen molar-refractivity contribution < 1.29 is 9.47 Å². The lowest BCUT2D eigenvalue weighted by atomic mass is 10.2. The number of nitrogens with zero attached hydrogens (tertiary/aromatic N) is 1. The fourth-order valence-corrected chi connectivity index (χ4v) is 2.28. The Morgan fingerprint density at radius 1 is 1.05 bits per heavy atom. The summed E-state index contributed by atoms with van der Waals surface area (Å²) >= 11 is 0. The molecular formula is C15H14N2O3. The minimum absolute atomic E-state index is 0.210. The quantitative estimate of drug-likeness (QED) is 0.794. The molecule has 2 aromatic carbocycles. The van der Waals surface area contributed by atoms with Crippen molar-refractivity contribution in [2.24, 2.45) is 0 Å². The van der Waals surface area contributed by atoms with Gasteiger partial charge in [0.15, 0.2) is 0 Å². The Bertz CT molecular complexity index is 817. The fraction of sp³-hybridized carbons (Fsp3) is 0.133. The van der Waals surface area contributed by atoms with E-state index in [1.54, 1.807) is 18.8 Å². The van der Waals surface area contributed by atoms with E-state index >= 15 is 0 Å². The zero-order valence-electron chi connectivity index (χ0n) is 11.2. The van der Waals surface area contributed by atoms with Gasteiger partial charge in [-0.15, -0.1) is 0 Å². The number of nitrogens with one attached hydrogen (secondary N) is 1. The molecule has 0 unspecified atom stereocenters. The molecule has 0 saturated heterocycles. The molecular weight excluding hydrogens is 256 g/mol. The van der Waals surface area contributed by atoms with Crippen LogP contribution >= 0.6 is 0 Å².